The fourth-order valence-corrected chi connectivity index (χ4v) is 1.82. The molecule has 0 aliphatic carbocycles. The number of nitrogens with zero attached hydrogens (tertiary/aromatic N) is 3. The summed E-state index contributed by atoms with van der Waals surface area (Å²) < 4.78 is 10.5. The molecular weight excluding hydrogens is 276 g/mol. The number of non-ortho nitro benzene ring substituents is 1. The molecule has 0 atom stereocenters. The lowest BCUT2D eigenvalue weighted by Crippen LogP contribution is -2.28. The van der Waals surface area contributed by atoms with Gasteiger partial charge in [0, 0.05) is 38.9 Å². The third-order valence-electron chi connectivity index (χ3n) is 3.03. The predicted octanol–water partition coefficient (Wildman–Crippen LogP) is 1.73. The SMILES string of the molecule is COCCN(C)CCNc1nc2cc([N+](=O)[O-])ccc2o1. The van der Waals surface area contributed by atoms with Crippen molar-refractivity contribution in [2.24, 2.45) is 0 Å². The summed E-state index contributed by atoms with van der Waals surface area (Å²) in [5.41, 5.74) is 0.997. The molecule has 1 aromatic heterocycles. The second-order valence-corrected chi connectivity index (χ2v) is 4.65. The Morgan fingerprint density at radius 3 is 3.00 bits per heavy atom. The fraction of sp³-hybridized carbons (Fsp3) is 0.462. The maximum atomic E-state index is 10.7. The maximum Gasteiger partial charge on any atom is 0.295 e. The van der Waals surface area contributed by atoms with Crippen LogP contribution in [0.15, 0.2) is 22.6 Å². The van der Waals surface area contributed by atoms with E-state index in [-0.39, 0.29) is 5.69 Å². The van der Waals surface area contributed by atoms with Gasteiger partial charge in [-0.3, -0.25) is 10.1 Å². The lowest BCUT2D eigenvalue weighted by atomic mass is 10.3. The van der Waals surface area contributed by atoms with E-state index in [4.69, 9.17) is 9.15 Å². The average Bonchev–Trinajstić information content (AvgIpc) is 2.86. The van der Waals surface area contributed by atoms with Crippen molar-refractivity contribution in [3.8, 4) is 0 Å². The van der Waals surface area contributed by atoms with Crippen LogP contribution < -0.4 is 5.32 Å². The molecule has 8 nitrogen and oxygen atoms in total. The number of ether oxygens (including phenoxy) is 1. The van der Waals surface area contributed by atoms with Crippen molar-refractivity contribution in [2.75, 3.05) is 45.7 Å². The molecule has 1 N–H and O–H groups in total. The number of nitro groups is 1. The number of benzene rings is 1. The largest absolute Gasteiger partial charge is 0.424 e. The molecule has 0 aliphatic heterocycles. The van der Waals surface area contributed by atoms with Crippen LogP contribution in [0.4, 0.5) is 11.7 Å². The Hall–Kier alpha value is -2.19. The molecule has 2 rings (SSSR count). The van der Waals surface area contributed by atoms with Gasteiger partial charge in [0.05, 0.1) is 11.5 Å². The third-order valence-corrected chi connectivity index (χ3v) is 3.03. The first-order valence-electron chi connectivity index (χ1n) is 6.56. The average molecular weight is 294 g/mol. The number of aromatic nitrogens is 1. The summed E-state index contributed by atoms with van der Waals surface area (Å²) in [6, 6.07) is 4.71. The number of hydrogen-bond acceptors (Lipinski definition) is 7. The molecule has 0 unspecified atom stereocenters. The van der Waals surface area contributed by atoms with Gasteiger partial charge < -0.3 is 19.4 Å². The molecule has 0 bridgehead atoms. The van der Waals surface area contributed by atoms with Crippen LogP contribution in [0.3, 0.4) is 0 Å². The van der Waals surface area contributed by atoms with E-state index in [2.05, 4.69) is 15.2 Å². The number of nitro benzene ring substituents is 1. The summed E-state index contributed by atoms with van der Waals surface area (Å²) >= 11 is 0. The van der Waals surface area contributed by atoms with Crippen LogP contribution in [-0.4, -0.2) is 55.2 Å². The molecule has 8 heteroatoms. The smallest absolute Gasteiger partial charge is 0.295 e. The summed E-state index contributed by atoms with van der Waals surface area (Å²) in [7, 11) is 3.67. The highest BCUT2D eigenvalue weighted by Gasteiger charge is 2.11. The Kier molecular flexibility index (Phi) is 5.07. The van der Waals surface area contributed by atoms with Crippen LogP contribution in [0, 0.1) is 10.1 Å². The summed E-state index contributed by atoms with van der Waals surface area (Å²) in [4.78, 5) is 16.6. The molecule has 0 fully saturated rings. The fourth-order valence-electron chi connectivity index (χ4n) is 1.82. The predicted molar refractivity (Wildman–Crippen MR) is 78.5 cm³/mol. The molecule has 114 valence electrons. The molecule has 0 radical (unpaired) electrons. The molecule has 1 aromatic carbocycles. The second kappa shape index (κ2) is 7.00. The van der Waals surface area contributed by atoms with Gasteiger partial charge in [-0.25, -0.2) is 0 Å². The molecule has 0 saturated heterocycles. The van der Waals surface area contributed by atoms with Crippen LogP contribution >= 0.6 is 0 Å². The number of likely N-dealkylation sites (N-methyl/N-ethyl adjacent to an activating group) is 1. The van der Waals surface area contributed by atoms with Crippen LogP contribution in [0.1, 0.15) is 0 Å². The molecule has 0 amide bonds. The van der Waals surface area contributed by atoms with Gasteiger partial charge in [0.25, 0.3) is 11.7 Å². The van der Waals surface area contributed by atoms with Crippen molar-refractivity contribution < 1.29 is 14.1 Å². The van der Waals surface area contributed by atoms with E-state index in [1.54, 1.807) is 13.2 Å². The number of hydrogen-bond donors (Lipinski definition) is 1. The maximum absolute atomic E-state index is 10.7. The zero-order valence-corrected chi connectivity index (χ0v) is 12.0. The lowest BCUT2D eigenvalue weighted by Gasteiger charge is -2.15. The zero-order chi connectivity index (χ0) is 15.2. The Bertz CT molecular complexity index is 613. The van der Waals surface area contributed by atoms with Gasteiger partial charge in [0.2, 0.25) is 0 Å². The number of methoxy groups -OCH3 is 1. The molecule has 0 spiro atoms. The Balaban J connectivity index is 1.92. The second-order valence-electron chi connectivity index (χ2n) is 4.65. The molecule has 0 saturated carbocycles. The van der Waals surface area contributed by atoms with Crippen molar-refractivity contribution in [2.45, 2.75) is 0 Å². The molecule has 2 aromatic rings. The summed E-state index contributed by atoms with van der Waals surface area (Å²) in [6.45, 7) is 3.00. The molecule has 21 heavy (non-hydrogen) atoms. The number of fused-ring (bicyclic) bond motifs is 1. The van der Waals surface area contributed by atoms with Gasteiger partial charge in [-0.1, -0.05) is 0 Å². The third kappa shape index (κ3) is 4.14. The van der Waals surface area contributed by atoms with E-state index in [1.165, 1.54) is 12.1 Å². The van der Waals surface area contributed by atoms with Crippen molar-refractivity contribution in [3.63, 3.8) is 0 Å². The van der Waals surface area contributed by atoms with E-state index >= 15 is 0 Å². The monoisotopic (exact) mass is 294 g/mol. The quantitative estimate of drug-likeness (QED) is 0.585. The van der Waals surface area contributed by atoms with Crippen molar-refractivity contribution in [3.05, 3.63) is 28.3 Å². The topological polar surface area (TPSA) is 93.7 Å². The number of rotatable bonds is 8. The highest BCUT2D eigenvalue weighted by Crippen LogP contribution is 2.23. The molecular formula is C13H18N4O4. The summed E-state index contributed by atoms with van der Waals surface area (Å²) in [5, 5.41) is 13.8. The van der Waals surface area contributed by atoms with E-state index in [1.807, 2.05) is 7.05 Å². The minimum Gasteiger partial charge on any atom is -0.424 e. The van der Waals surface area contributed by atoms with Crippen LogP contribution in [0.25, 0.3) is 11.1 Å². The van der Waals surface area contributed by atoms with E-state index in [0.29, 0.717) is 30.3 Å². The first kappa shape index (κ1) is 15.2. The van der Waals surface area contributed by atoms with Gasteiger partial charge in [-0.05, 0) is 13.1 Å². The molecule has 1 heterocycles. The van der Waals surface area contributed by atoms with E-state index in [9.17, 15) is 10.1 Å². The zero-order valence-electron chi connectivity index (χ0n) is 12.0. The van der Waals surface area contributed by atoms with Gasteiger partial charge in [0.1, 0.15) is 5.52 Å². The Labute approximate surface area is 121 Å². The Morgan fingerprint density at radius 2 is 2.29 bits per heavy atom. The standard InChI is InChI=1S/C13H18N4O4/c1-16(7-8-20-2)6-5-14-13-15-11-9-10(17(18)19)3-4-12(11)21-13/h3-4,9H,5-8H2,1-2H3,(H,14,15). The van der Waals surface area contributed by atoms with Crippen molar-refractivity contribution >= 4 is 22.8 Å². The summed E-state index contributed by atoms with van der Waals surface area (Å²) in [5.74, 6) is 0. The minimum atomic E-state index is -0.452. The highest BCUT2D eigenvalue weighted by molar-refractivity contribution is 5.77. The van der Waals surface area contributed by atoms with Crippen LogP contribution in [-0.2, 0) is 4.74 Å². The highest BCUT2D eigenvalue weighted by atomic mass is 16.6. The first-order valence-corrected chi connectivity index (χ1v) is 6.56. The molecule has 0 aliphatic rings. The normalized spacial score (nSPS) is 11.2. The number of nitrogens with one attached hydrogen (secondary N) is 1. The van der Waals surface area contributed by atoms with Crippen molar-refractivity contribution in [1.29, 1.82) is 0 Å². The van der Waals surface area contributed by atoms with E-state index < -0.39 is 4.92 Å². The van der Waals surface area contributed by atoms with Gasteiger partial charge in [-0.2, -0.15) is 4.98 Å². The van der Waals surface area contributed by atoms with Crippen LogP contribution in [0.2, 0.25) is 0 Å². The number of oxazole rings is 1. The Morgan fingerprint density at radius 1 is 1.48 bits per heavy atom. The van der Waals surface area contributed by atoms with Gasteiger partial charge in [0.15, 0.2) is 5.58 Å². The lowest BCUT2D eigenvalue weighted by molar-refractivity contribution is -0.384. The van der Waals surface area contributed by atoms with Gasteiger partial charge >= 0.3 is 0 Å². The van der Waals surface area contributed by atoms with Crippen LogP contribution in [0.5, 0.6) is 0 Å². The summed E-state index contributed by atoms with van der Waals surface area (Å²) in [6.07, 6.45) is 0. The van der Waals surface area contributed by atoms with Gasteiger partial charge in [-0.15, -0.1) is 0 Å². The first-order chi connectivity index (χ1) is 10.1. The van der Waals surface area contributed by atoms with E-state index in [0.717, 1.165) is 13.1 Å². The minimum absolute atomic E-state index is 0.00153. The number of anilines is 1. The van der Waals surface area contributed by atoms with Crippen molar-refractivity contribution in [1.82, 2.24) is 9.88 Å².